The van der Waals surface area contributed by atoms with Crippen molar-refractivity contribution in [1.82, 2.24) is 10.3 Å². The highest BCUT2D eigenvalue weighted by Gasteiger charge is 2.19. The third-order valence-corrected chi connectivity index (χ3v) is 8.75. The third kappa shape index (κ3) is 5.66. The number of thioether (sulfide) groups is 1. The molecule has 6 heteroatoms. The van der Waals surface area contributed by atoms with Gasteiger partial charge in [-0.05, 0) is 62.0 Å². The summed E-state index contributed by atoms with van der Waals surface area (Å²) in [6.45, 7) is 5.27. The van der Waals surface area contributed by atoms with E-state index in [9.17, 15) is 4.79 Å². The Morgan fingerprint density at radius 1 is 1.21 bits per heavy atom. The number of thiazole rings is 1. The van der Waals surface area contributed by atoms with Crippen molar-refractivity contribution >= 4 is 44.4 Å². The minimum atomic E-state index is 0.0383. The van der Waals surface area contributed by atoms with E-state index in [2.05, 4.69) is 28.9 Å². The number of fused-ring (bicyclic) bond motifs is 1. The molecule has 1 aliphatic carbocycles. The second kappa shape index (κ2) is 10.2. The Balaban J connectivity index is 1.26. The lowest BCUT2D eigenvalue weighted by Gasteiger charge is -2.29. The summed E-state index contributed by atoms with van der Waals surface area (Å²) in [6, 6.07) is 5.92. The Kier molecular flexibility index (Phi) is 7.35. The summed E-state index contributed by atoms with van der Waals surface area (Å²) >= 11 is 3.82. The molecule has 1 amide bonds. The normalized spacial score (nSPS) is 19.0. The topological polar surface area (TPSA) is 45.2 Å². The summed E-state index contributed by atoms with van der Waals surface area (Å²) in [4.78, 5) is 19.8. The van der Waals surface area contributed by atoms with Gasteiger partial charge in [-0.1, -0.05) is 37.5 Å². The number of amides is 1. The molecule has 2 aromatic rings. The molecule has 4 rings (SSSR count). The van der Waals surface area contributed by atoms with Crippen molar-refractivity contribution in [3.8, 4) is 0 Å². The van der Waals surface area contributed by atoms with Gasteiger partial charge in [-0.25, -0.2) is 4.98 Å². The number of carbonyl (C=O) groups is 1. The Labute approximate surface area is 182 Å². The lowest BCUT2D eigenvalue weighted by molar-refractivity contribution is 0.0954. The fourth-order valence-electron chi connectivity index (χ4n) is 4.25. The predicted octanol–water partition coefficient (Wildman–Crippen LogP) is 5.72. The van der Waals surface area contributed by atoms with Crippen LogP contribution in [0.5, 0.6) is 0 Å². The summed E-state index contributed by atoms with van der Waals surface area (Å²) in [5, 5.41) is 5.05. The van der Waals surface area contributed by atoms with E-state index in [1.54, 1.807) is 11.3 Å². The van der Waals surface area contributed by atoms with E-state index < -0.39 is 0 Å². The van der Waals surface area contributed by atoms with E-state index in [4.69, 9.17) is 4.98 Å². The minimum absolute atomic E-state index is 0.0383. The number of anilines is 1. The van der Waals surface area contributed by atoms with E-state index in [1.807, 2.05) is 18.2 Å². The van der Waals surface area contributed by atoms with Crippen molar-refractivity contribution in [1.29, 1.82) is 0 Å². The summed E-state index contributed by atoms with van der Waals surface area (Å²) in [7, 11) is 0. The summed E-state index contributed by atoms with van der Waals surface area (Å²) < 4.78 is 1.11. The predicted molar refractivity (Wildman–Crippen MR) is 127 cm³/mol. The molecule has 1 aliphatic heterocycles. The molecule has 0 spiro atoms. The molecule has 0 bridgehead atoms. The van der Waals surface area contributed by atoms with Crippen LogP contribution in [0.25, 0.3) is 10.2 Å². The lowest BCUT2D eigenvalue weighted by atomic mass is 10.00. The zero-order valence-corrected chi connectivity index (χ0v) is 19.1. The molecule has 2 aliphatic rings. The number of nitrogens with zero attached hydrogens (tertiary/aromatic N) is 2. The van der Waals surface area contributed by atoms with Gasteiger partial charge in [-0.15, -0.1) is 0 Å². The first-order chi connectivity index (χ1) is 14.2. The average Bonchev–Trinajstić information content (AvgIpc) is 3.18. The molecule has 2 fully saturated rings. The maximum Gasteiger partial charge on any atom is 0.251 e. The second-order valence-electron chi connectivity index (χ2n) is 8.59. The molecule has 1 saturated heterocycles. The highest BCUT2D eigenvalue weighted by Crippen LogP contribution is 2.32. The van der Waals surface area contributed by atoms with Crippen molar-refractivity contribution in [3.63, 3.8) is 0 Å². The van der Waals surface area contributed by atoms with E-state index in [0.29, 0.717) is 0 Å². The summed E-state index contributed by atoms with van der Waals surface area (Å²) in [5.41, 5.74) is 1.75. The molecule has 2 heterocycles. The maximum atomic E-state index is 12.6. The molecule has 29 heavy (non-hydrogen) atoms. The van der Waals surface area contributed by atoms with Gasteiger partial charge < -0.3 is 10.2 Å². The van der Waals surface area contributed by atoms with Crippen LogP contribution in [0.2, 0.25) is 0 Å². The molecule has 0 unspecified atom stereocenters. The van der Waals surface area contributed by atoms with Crippen LogP contribution in [0.4, 0.5) is 5.13 Å². The first kappa shape index (κ1) is 21.0. The van der Waals surface area contributed by atoms with Gasteiger partial charge >= 0.3 is 0 Å². The number of aromatic nitrogens is 1. The first-order valence-corrected chi connectivity index (χ1v) is 13.1. The molecular formula is C23H33N3OS2. The monoisotopic (exact) mass is 431 g/mol. The molecule has 1 saturated carbocycles. The Morgan fingerprint density at radius 3 is 2.79 bits per heavy atom. The zero-order chi connectivity index (χ0) is 20.1. The van der Waals surface area contributed by atoms with E-state index in [-0.39, 0.29) is 5.91 Å². The first-order valence-electron chi connectivity index (χ1n) is 11.2. The van der Waals surface area contributed by atoms with Gasteiger partial charge in [0.2, 0.25) is 0 Å². The van der Waals surface area contributed by atoms with Gasteiger partial charge in [-0.2, -0.15) is 11.8 Å². The van der Waals surface area contributed by atoms with Crippen LogP contribution in [-0.2, 0) is 0 Å². The van der Waals surface area contributed by atoms with Gasteiger partial charge in [0.25, 0.3) is 5.91 Å². The second-order valence-corrected chi connectivity index (χ2v) is 11.0. The van der Waals surface area contributed by atoms with Crippen LogP contribution in [0.15, 0.2) is 18.2 Å². The van der Waals surface area contributed by atoms with Gasteiger partial charge in [0.15, 0.2) is 5.13 Å². The molecule has 0 radical (unpaired) electrons. The molecular weight excluding hydrogens is 398 g/mol. The highest BCUT2D eigenvalue weighted by atomic mass is 32.2. The molecule has 158 valence electrons. The fourth-order valence-corrected chi connectivity index (χ4v) is 6.61. The molecule has 1 N–H and O–H groups in total. The van der Waals surface area contributed by atoms with E-state index in [0.717, 1.165) is 63.9 Å². The molecule has 1 aromatic heterocycles. The average molecular weight is 432 g/mol. The number of nitrogens with one attached hydrogen (secondary N) is 1. The van der Waals surface area contributed by atoms with Gasteiger partial charge in [0, 0.05) is 30.4 Å². The van der Waals surface area contributed by atoms with Gasteiger partial charge in [-0.3, -0.25) is 4.79 Å². The quantitative estimate of drug-likeness (QED) is 0.570. The largest absolute Gasteiger partial charge is 0.352 e. The maximum absolute atomic E-state index is 12.6. The van der Waals surface area contributed by atoms with Crippen molar-refractivity contribution in [3.05, 3.63) is 23.8 Å². The highest BCUT2D eigenvalue weighted by molar-refractivity contribution is 7.99. The van der Waals surface area contributed by atoms with Crippen molar-refractivity contribution in [2.75, 3.05) is 30.3 Å². The fraction of sp³-hybridized carbons (Fsp3) is 0.652. The van der Waals surface area contributed by atoms with Gasteiger partial charge in [0.05, 0.1) is 10.2 Å². The van der Waals surface area contributed by atoms with Gasteiger partial charge in [0.1, 0.15) is 0 Å². The number of hydrogen-bond acceptors (Lipinski definition) is 5. The Hall–Kier alpha value is -1.27. The molecule has 0 atom stereocenters. The molecule has 4 nitrogen and oxygen atoms in total. The van der Waals surface area contributed by atoms with Crippen molar-refractivity contribution in [2.45, 2.75) is 63.5 Å². The van der Waals surface area contributed by atoms with Crippen molar-refractivity contribution < 1.29 is 4.79 Å². The number of rotatable bonds is 7. The van der Waals surface area contributed by atoms with Crippen LogP contribution in [-0.4, -0.2) is 41.5 Å². The smallest absolute Gasteiger partial charge is 0.251 e. The number of carbonyl (C=O) groups excluding carboxylic acids is 1. The number of hydrogen-bond donors (Lipinski definition) is 1. The summed E-state index contributed by atoms with van der Waals surface area (Å²) in [5.74, 6) is 2.00. The number of benzene rings is 1. The zero-order valence-electron chi connectivity index (χ0n) is 17.5. The van der Waals surface area contributed by atoms with Crippen LogP contribution < -0.4 is 10.2 Å². The molecule has 1 aromatic carbocycles. The minimum Gasteiger partial charge on any atom is -0.352 e. The Bertz CT molecular complexity index is 808. The van der Waals surface area contributed by atoms with Crippen molar-refractivity contribution in [2.24, 2.45) is 5.92 Å². The number of piperidine rings is 1. The van der Waals surface area contributed by atoms with E-state index in [1.165, 1.54) is 44.9 Å². The standard InChI is InChI=1S/C23H33N3OS2/c1-17-10-13-26(14-11-17)23-25-20-9-8-18(16-21(20)29-23)22(27)24-12-5-15-28-19-6-3-2-4-7-19/h8-9,16-17,19H,2-7,10-15H2,1H3,(H,24,27). The van der Waals surface area contributed by atoms with E-state index >= 15 is 0 Å². The van der Waals surface area contributed by atoms with Crippen LogP contribution in [0, 0.1) is 5.92 Å². The third-order valence-electron chi connectivity index (χ3n) is 6.21. The van der Waals surface area contributed by atoms with Crippen LogP contribution in [0.1, 0.15) is 68.6 Å². The summed E-state index contributed by atoms with van der Waals surface area (Å²) in [6.07, 6.45) is 10.5. The Morgan fingerprint density at radius 2 is 2.00 bits per heavy atom. The lowest BCUT2D eigenvalue weighted by Crippen LogP contribution is -2.32. The van der Waals surface area contributed by atoms with Crippen LogP contribution in [0.3, 0.4) is 0 Å². The SMILES string of the molecule is CC1CCN(c2nc3ccc(C(=O)NCCCSC4CCCCC4)cc3s2)CC1. The van der Waals surface area contributed by atoms with Crippen LogP contribution >= 0.6 is 23.1 Å².